The number of hydrogen-bond acceptors (Lipinski definition) is 4. The van der Waals surface area contributed by atoms with E-state index in [9.17, 15) is 18.0 Å². The van der Waals surface area contributed by atoms with Gasteiger partial charge in [-0.05, 0) is 18.9 Å². The van der Waals surface area contributed by atoms with Gasteiger partial charge in [0.2, 0.25) is 0 Å². The van der Waals surface area contributed by atoms with Crippen LogP contribution in [0.1, 0.15) is 29.6 Å². The molecule has 0 aliphatic heterocycles. The highest BCUT2D eigenvalue weighted by Crippen LogP contribution is 2.21. The summed E-state index contributed by atoms with van der Waals surface area (Å²) in [6.45, 7) is 0.174. The number of aromatic nitrogens is 1. The van der Waals surface area contributed by atoms with E-state index in [1.807, 2.05) is 0 Å². The van der Waals surface area contributed by atoms with Gasteiger partial charge in [0.15, 0.2) is 0 Å². The second-order valence-corrected chi connectivity index (χ2v) is 3.89. The summed E-state index contributed by atoms with van der Waals surface area (Å²) in [6.07, 6.45) is -1.94. The molecule has 1 aromatic heterocycles. The Balaban J connectivity index is 2.35. The zero-order valence-corrected chi connectivity index (χ0v) is 10.1. The zero-order valence-electron chi connectivity index (χ0n) is 10.1. The Morgan fingerprint density at radius 2 is 2.11 bits per heavy atom. The summed E-state index contributed by atoms with van der Waals surface area (Å²) in [5.41, 5.74) is 3.00. The Labute approximate surface area is 108 Å². The lowest BCUT2D eigenvalue weighted by molar-refractivity contribution is -0.135. The van der Waals surface area contributed by atoms with E-state index in [1.165, 1.54) is 18.5 Å². The third-order valence-corrected chi connectivity index (χ3v) is 2.39. The van der Waals surface area contributed by atoms with E-state index in [0.717, 1.165) is 0 Å². The van der Waals surface area contributed by atoms with Crippen LogP contribution in [0.15, 0.2) is 18.5 Å². The second kappa shape index (κ2) is 6.93. The lowest BCUT2D eigenvalue weighted by Gasteiger charge is -2.09. The molecule has 0 unspecified atom stereocenters. The van der Waals surface area contributed by atoms with Gasteiger partial charge in [-0.2, -0.15) is 13.2 Å². The van der Waals surface area contributed by atoms with Crippen molar-refractivity contribution in [3.8, 4) is 0 Å². The fourth-order valence-electron chi connectivity index (χ4n) is 1.45. The summed E-state index contributed by atoms with van der Waals surface area (Å²) in [5.74, 6) is 4.81. The number of nitrogens with one attached hydrogen (secondary N) is 2. The molecule has 0 spiro atoms. The molecule has 0 radical (unpaired) electrons. The Hall–Kier alpha value is -1.83. The lowest BCUT2D eigenvalue weighted by Crippen LogP contribution is -2.26. The average Bonchev–Trinajstić information content (AvgIpc) is 2.36. The Kier molecular flexibility index (Phi) is 5.56. The minimum Gasteiger partial charge on any atom is -0.352 e. The first-order valence-corrected chi connectivity index (χ1v) is 5.69. The first-order valence-electron chi connectivity index (χ1n) is 5.69. The molecule has 19 heavy (non-hydrogen) atoms. The summed E-state index contributed by atoms with van der Waals surface area (Å²) in [6, 6.07) is 1.53. The average molecular weight is 276 g/mol. The van der Waals surface area contributed by atoms with Crippen molar-refractivity contribution in [3.05, 3.63) is 24.0 Å². The van der Waals surface area contributed by atoms with Gasteiger partial charge in [-0.15, -0.1) is 0 Å². The number of nitrogen functional groups attached to an aromatic ring is 1. The molecule has 0 aliphatic carbocycles. The Bertz CT molecular complexity index is 423. The first kappa shape index (κ1) is 15.2. The number of nitrogens with two attached hydrogens (primary N) is 1. The molecule has 1 aromatic rings. The third-order valence-electron chi connectivity index (χ3n) is 2.39. The molecule has 0 bridgehead atoms. The number of amides is 1. The number of halogens is 3. The highest BCUT2D eigenvalue weighted by molar-refractivity contribution is 5.99. The van der Waals surface area contributed by atoms with E-state index in [2.05, 4.69) is 15.7 Å². The minimum absolute atomic E-state index is 0.0151. The van der Waals surface area contributed by atoms with E-state index >= 15 is 0 Å². The summed E-state index contributed by atoms with van der Waals surface area (Å²) in [4.78, 5) is 15.5. The molecule has 106 valence electrons. The van der Waals surface area contributed by atoms with Gasteiger partial charge >= 0.3 is 6.18 Å². The van der Waals surface area contributed by atoms with Crippen molar-refractivity contribution in [2.24, 2.45) is 5.84 Å². The number of pyridine rings is 1. The van der Waals surface area contributed by atoms with Crippen molar-refractivity contribution in [1.29, 1.82) is 0 Å². The van der Waals surface area contributed by atoms with Gasteiger partial charge in [-0.25, -0.2) is 0 Å². The zero-order chi connectivity index (χ0) is 14.3. The maximum Gasteiger partial charge on any atom is 0.389 e. The molecule has 0 saturated heterocycles. The van der Waals surface area contributed by atoms with Gasteiger partial charge < -0.3 is 10.7 Å². The lowest BCUT2D eigenvalue weighted by atomic mass is 10.2. The van der Waals surface area contributed by atoms with Crippen LogP contribution in [0.2, 0.25) is 0 Å². The van der Waals surface area contributed by atoms with Gasteiger partial charge in [-0.3, -0.25) is 15.6 Å². The molecule has 0 fully saturated rings. The highest BCUT2D eigenvalue weighted by atomic mass is 19.4. The predicted molar refractivity (Wildman–Crippen MR) is 64.3 cm³/mol. The van der Waals surface area contributed by atoms with Crippen LogP contribution in [-0.4, -0.2) is 23.6 Å². The number of alkyl halides is 3. The highest BCUT2D eigenvalue weighted by Gasteiger charge is 2.25. The molecule has 0 atom stereocenters. The quantitative estimate of drug-likeness (QED) is 0.421. The van der Waals surface area contributed by atoms with E-state index < -0.39 is 18.5 Å². The largest absolute Gasteiger partial charge is 0.389 e. The summed E-state index contributed by atoms with van der Waals surface area (Å²) in [7, 11) is 0. The fraction of sp³-hybridized carbons (Fsp3) is 0.455. The van der Waals surface area contributed by atoms with Gasteiger partial charge in [0.1, 0.15) is 0 Å². The van der Waals surface area contributed by atoms with Crippen molar-refractivity contribution in [2.75, 3.05) is 12.0 Å². The number of carbonyl (C=O) groups is 1. The fourth-order valence-corrected chi connectivity index (χ4v) is 1.45. The standard InChI is InChI=1S/C11H15F3N4O/c12-11(13,14)4-1-2-5-17-10(19)8-7-16-6-3-9(8)18-15/h3,6-7H,1-2,4-5,15H2,(H,16,18)(H,17,19). The van der Waals surface area contributed by atoms with Crippen LogP contribution >= 0.6 is 0 Å². The maximum absolute atomic E-state index is 11.9. The third kappa shape index (κ3) is 5.56. The summed E-state index contributed by atoms with van der Waals surface area (Å²) >= 11 is 0. The number of unbranched alkanes of at least 4 members (excludes halogenated alkanes) is 1. The van der Waals surface area contributed by atoms with E-state index in [1.54, 1.807) is 0 Å². The molecule has 5 nitrogen and oxygen atoms in total. The monoisotopic (exact) mass is 276 g/mol. The van der Waals surface area contributed by atoms with Gasteiger partial charge in [0.25, 0.3) is 5.91 Å². The van der Waals surface area contributed by atoms with Gasteiger partial charge in [0.05, 0.1) is 11.3 Å². The van der Waals surface area contributed by atoms with Gasteiger partial charge in [-0.1, -0.05) is 0 Å². The van der Waals surface area contributed by atoms with Gasteiger partial charge in [0, 0.05) is 25.4 Å². The van der Waals surface area contributed by atoms with Crippen molar-refractivity contribution in [1.82, 2.24) is 10.3 Å². The number of anilines is 1. The van der Waals surface area contributed by atoms with E-state index in [-0.39, 0.29) is 24.9 Å². The Morgan fingerprint density at radius 1 is 1.37 bits per heavy atom. The molecule has 8 heteroatoms. The van der Waals surface area contributed by atoms with Crippen molar-refractivity contribution < 1.29 is 18.0 Å². The van der Waals surface area contributed by atoms with Crippen LogP contribution < -0.4 is 16.6 Å². The normalized spacial score (nSPS) is 11.2. The molecule has 0 aromatic carbocycles. The topological polar surface area (TPSA) is 80.0 Å². The number of nitrogens with zero attached hydrogens (tertiary/aromatic N) is 1. The van der Waals surface area contributed by atoms with Crippen LogP contribution in [0.3, 0.4) is 0 Å². The maximum atomic E-state index is 11.9. The van der Waals surface area contributed by atoms with Crippen LogP contribution in [0, 0.1) is 0 Å². The molecule has 0 saturated carbocycles. The molecular weight excluding hydrogens is 261 g/mol. The smallest absolute Gasteiger partial charge is 0.352 e. The SMILES string of the molecule is NNc1ccncc1C(=O)NCCCCC(F)(F)F. The van der Waals surface area contributed by atoms with Crippen molar-refractivity contribution in [3.63, 3.8) is 0 Å². The first-order chi connectivity index (χ1) is 8.94. The molecular formula is C11H15F3N4O. The molecule has 1 rings (SSSR count). The van der Waals surface area contributed by atoms with Crippen LogP contribution in [-0.2, 0) is 0 Å². The molecule has 1 heterocycles. The van der Waals surface area contributed by atoms with Crippen LogP contribution in [0.25, 0.3) is 0 Å². The van der Waals surface area contributed by atoms with Crippen LogP contribution in [0.4, 0.5) is 18.9 Å². The van der Waals surface area contributed by atoms with E-state index in [4.69, 9.17) is 5.84 Å². The molecule has 4 N–H and O–H groups in total. The number of hydrazine groups is 1. The number of carbonyl (C=O) groups excluding carboxylic acids is 1. The minimum atomic E-state index is -4.15. The predicted octanol–water partition coefficient (Wildman–Crippen LogP) is 1.83. The molecule has 1 amide bonds. The summed E-state index contributed by atoms with van der Waals surface area (Å²) < 4.78 is 35.7. The van der Waals surface area contributed by atoms with Crippen molar-refractivity contribution in [2.45, 2.75) is 25.4 Å². The Morgan fingerprint density at radius 3 is 2.74 bits per heavy atom. The number of hydrogen-bond donors (Lipinski definition) is 3. The van der Waals surface area contributed by atoms with Crippen LogP contribution in [0.5, 0.6) is 0 Å². The van der Waals surface area contributed by atoms with Crippen molar-refractivity contribution >= 4 is 11.6 Å². The molecule has 0 aliphatic rings. The number of rotatable bonds is 6. The second-order valence-electron chi connectivity index (χ2n) is 3.89. The summed E-state index contributed by atoms with van der Waals surface area (Å²) in [5, 5.41) is 2.52. The van der Waals surface area contributed by atoms with E-state index in [0.29, 0.717) is 5.69 Å².